The van der Waals surface area contributed by atoms with Crippen LogP contribution >= 0.6 is 0 Å². The van der Waals surface area contributed by atoms with E-state index >= 15 is 0 Å². The molecule has 2 heteroatoms. The van der Waals surface area contributed by atoms with E-state index in [0.29, 0.717) is 34.7 Å². The summed E-state index contributed by atoms with van der Waals surface area (Å²) >= 11 is 0. The van der Waals surface area contributed by atoms with Crippen molar-refractivity contribution in [3.63, 3.8) is 0 Å². The van der Waals surface area contributed by atoms with Gasteiger partial charge in [-0.1, -0.05) is 46.3 Å². The minimum absolute atomic E-state index is 0.149. The molecule has 1 saturated heterocycles. The first-order valence-electron chi connectivity index (χ1n) is 14.0. The zero-order valence-corrected chi connectivity index (χ0v) is 22.2. The number of aliphatic hydroxyl groups is 1. The van der Waals surface area contributed by atoms with Crippen LogP contribution in [0.4, 0.5) is 0 Å². The minimum Gasteiger partial charge on any atom is -0.396 e. The minimum atomic E-state index is 0.149. The summed E-state index contributed by atoms with van der Waals surface area (Å²) in [7, 11) is 0. The maximum Gasteiger partial charge on any atom is 0.0493 e. The lowest BCUT2D eigenvalue weighted by Crippen LogP contribution is -2.64. The molecule has 0 amide bonds. The molecular formula is C30H51NO. The molecule has 0 unspecified atom stereocenters. The van der Waals surface area contributed by atoms with Crippen LogP contribution in [0, 0.1) is 51.2 Å². The third-order valence-electron chi connectivity index (χ3n) is 13.1. The van der Waals surface area contributed by atoms with Crippen LogP contribution < -0.4 is 5.32 Å². The first-order valence-corrected chi connectivity index (χ1v) is 14.0. The van der Waals surface area contributed by atoms with Crippen LogP contribution in [0.5, 0.6) is 0 Å². The molecule has 0 aromatic heterocycles. The summed E-state index contributed by atoms with van der Waals surface area (Å²) in [6.45, 7) is 19.6. The molecule has 5 aliphatic rings. The fraction of sp³-hybridized carbons (Fsp3) is 0.933. The number of hydrogen-bond donors (Lipinski definition) is 2. The van der Waals surface area contributed by atoms with Crippen molar-refractivity contribution in [3.8, 4) is 0 Å². The zero-order valence-electron chi connectivity index (χ0n) is 22.2. The SMILES string of the molecule is C[C@H]1[C@H](C)CC[C@]2(CO)CC[C@]3(C)C(=CC[C@@H]4[C@@]5(C)CCCNC(C)(C)[C@@H]5CC[C@]43C)[C@H]12. The predicted molar refractivity (Wildman–Crippen MR) is 134 cm³/mol. The lowest BCUT2D eigenvalue weighted by molar-refractivity contribution is -0.163. The van der Waals surface area contributed by atoms with E-state index in [4.69, 9.17) is 0 Å². The highest BCUT2D eigenvalue weighted by Crippen LogP contribution is 2.74. The van der Waals surface area contributed by atoms with Crippen molar-refractivity contribution >= 4 is 0 Å². The Morgan fingerprint density at radius 1 is 0.938 bits per heavy atom. The van der Waals surface area contributed by atoms with Crippen LogP contribution in [0.15, 0.2) is 11.6 Å². The van der Waals surface area contributed by atoms with E-state index in [2.05, 4.69) is 59.9 Å². The molecule has 0 aromatic rings. The first-order chi connectivity index (χ1) is 15.0. The summed E-state index contributed by atoms with van der Waals surface area (Å²) in [6, 6.07) is 0. The van der Waals surface area contributed by atoms with Crippen molar-refractivity contribution in [1.29, 1.82) is 0 Å². The van der Waals surface area contributed by atoms with Gasteiger partial charge in [-0.15, -0.1) is 0 Å². The van der Waals surface area contributed by atoms with Crippen LogP contribution in [0.25, 0.3) is 0 Å². The standard InChI is InChI=1S/C30H51NO/c1-20-11-15-30(19-32)17-16-28(6)22(25(30)21(20)2)9-10-24-27(5)13-8-18-31-26(3,4)23(27)12-14-29(24,28)7/h9,20-21,23-25,31-32H,8,10-19H2,1-7H3/t20-,21+,23+,24-,25+,27+,28-,29-,30-/m1/s1. The molecule has 3 saturated carbocycles. The highest BCUT2D eigenvalue weighted by atomic mass is 16.3. The van der Waals surface area contributed by atoms with E-state index in [9.17, 15) is 5.11 Å². The molecule has 0 bridgehead atoms. The molecular weight excluding hydrogens is 390 g/mol. The normalized spacial score (nSPS) is 54.9. The van der Waals surface area contributed by atoms with Gasteiger partial charge in [0.05, 0.1) is 0 Å². The molecule has 0 spiro atoms. The van der Waals surface area contributed by atoms with Crippen molar-refractivity contribution in [1.82, 2.24) is 5.32 Å². The molecule has 1 aliphatic heterocycles. The Balaban J connectivity index is 1.60. The van der Waals surface area contributed by atoms with Gasteiger partial charge in [-0.05, 0) is 124 Å². The van der Waals surface area contributed by atoms with Gasteiger partial charge in [0.1, 0.15) is 0 Å². The van der Waals surface area contributed by atoms with Gasteiger partial charge in [0.2, 0.25) is 0 Å². The number of hydrogen-bond acceptors (Lipinski definition) is 2. The molecule has 4 fully saturated rings. The topological polar surface area (TPSA) is 32.3 Å². The van der Waals surface area contributed by atoms with Gasteiger partial charge >= 0.3 is 0 Å². The quantitative estimate of drug-likeness (QED) is 0.430. The Bertz CT molecular complexity index is 786. The van der Waals surface area contributed by atoms with E-state index in [1.165, 1.54) is 64.3 Å². The summed E-state index contributed by atoms with van der Waals surface area (Å²) < 4.78 is 0. The molecule has 5 rings (SSSR count). The van der Waals surface area contributed by atoms with Crippen LogP contribution in [-0.2, 0) is 0 Å². The summed E-state index contributed by atoms with van der Waals surface area (Å²) in [5.74, 6) is 3.60. The van der Waals surface area contributed by atoms with Crippen LogP contribution in [0.2, 0.25) is 0 Å². The zero-order chi connectivity index (χ0) is 23.2. The Kier molecular flexibility index (Phi) is 5.36. The average molecular weight is 442 g/mol. The maximum absolute atomic E-state index is 10.7. The van der Waals surface area contributed by atoms with Gasteiger partial charge < -0.3 is 10.4 Å². The predicted octanol–water partition coefficient (Wildman–Crippen LogP) is 6.98. The van der Waals surface area contributed by atoms with Gasteiger partial charge in [-0.25, -0.2) is 0 Å². The van der Waals surface area contributed by atoms with Gasteiger partial charge in [-0.2, -0.15) is 0 Å². The molecule has 182 valence electrons. The second-order valence-electron chi connectivity index (χ2n) is 14.4. The third kappa shape index (κ3) is 2.84. The fourth-order valence-electron chi connectivity index (χ4n) is 10.8. The van der Waals surface area contributed by atoms with Gasteiger partial charge in [0, 0.05) is 17.6 Å². The Labute approximate surface area is 198 Å². The van der Waals surface area contributed by atoms with Crippen LogP contribution in [-0.4, -0.2) is 23.8 Å². The van der Waals surface area contributed by atoms with Crippen molar-refractivity contribution in [2.24, 2.45) is 51.2 Å². The Hall–Kier alpha value is -0.340. The monoisotopic (exact) mass is 441 g/mol. The maximum atomic E-state index is 10.7. The fourth-order valence-corrected chi connectivity index (χ4v) is 10.8. The second kappa shape index (κ2) is 7.33. The number of nitrogens with one attached hydrogen (secondary N) is 1. The third-order valence-corrected chi connectivity index (χ3v) is 13.1. The molecule has 32 heavy (non-hydrogen) atoms. The van der Waals surface area contributed by atoms with Gasteiger partial charge in [0.15, 0.2) is 0 Å². The highest BCUT2D eigenvalue weighted by molar-refractivity contribution is 5.34. The highest BCUT2D eigenvalue weighted by Gasteiger charge is 2.67. The Morgan fingerprint density at radius 3 is 2.41 bits per heavy atom. The van der Waals surface area contributed by atoms with Gasteiger partial charge in [0.25, 0.3) is 0 Å². The second-order valence-corrected chi connectivity index (χ2v) is 14.4. The summed E-state index contributed by atoms with van der Waals surface area (Å²) in [5, 5.41) is 14.6. The van der Waals surface area contributed by atoms with E-state index in [-0.39, 0.29) is 11.0 Å². The first kappa shape index (κ1) is 23.4. The number of rotatable bonds is 1. The van der Waals surface area contributed by atoms with E-state index in [0.717, 1.165) is 17.8 Å². The van der Waals surface area contributed by atoms with Gasteiger partial charge in [-0.3, -0.25) is 0 Å². The number of allylic oxidation sites excluding steroid dienone is 2. The molecule has 2 N–H and O–H groups in total. The Morgan fingerprint density at radius 2 is 1.69 bits per heavy atom. The van der Waals surface area contributed by atoms with Crippen molar-refractivity contribution in [2.45, 2.75) is 112 Å². The largest absolute Gasteiger partial charge is 0.396 e. The molecule has 9 atom stereocenters. The van der Waals surface area contributed by atoms with E-state index in [1.807, 2.05) is 0 Å². The van der Waals surface area contributed by atoms with Crippen molar-refractivity contribution in [2.75, 3.05) is 13.2 Å². The number of fused-ring (bicyclic) bond motifs is 7. The molecule has 0 radical (unpaired) electrons. The lowest BCUT2D eigenvalue weighted by atomic mass is 9.35. The number of aliphatic hydroxyl groups excluding tert-OH is 1. The smallest absolute Gasteiger partial charge is 0.0493 e. The summed E-state index contributed by atoms with van der Waals surface area (Å²) in [5.41, 5.74) is 3.26. The molecule has 0 aromatic carbocycles. The van der Waals surface area contributed by atoms with Crippen LogP contribution in [0.1, 0.15) is 106 Å². The summed E-state index contributed by atoms with van der Waals surface area (Å²) in [6.07, 6.45) is 14.5. The lowest BCUT2D eigenvalue weighted by Gasteiger charge is -2.70. The van der Waals surface area contributed by atoms with Crippen LogP contribution in [0.3, 0.4) is 0 Å². The molecule has 1 heterocycles. The molecule has 2 nitrogen and oxygen atoms in total. The molecule has 4 aliphatic carbocycles. The van der Waals surface area contributed by atoms with E-state index in [1.54, 1.807) is 5.57 Å². The van der Waals surface area contributed by atoms with Crippen molar-refractivity contribution < 1.29 is 5.11 Å². The summed E-state index contributed by atoms with van der Waals surface area (Å²) in [4.78, 5) is 0. The average Bonchev–Trinajstić information content (AvgIpc) is 2.86. The van der Waals surface area contributed by atoms with Crippen molar-refractivity contribution in [3.05, 3.63) is 11.6 Å². The van der Waals surface area contributed by atoms with E-state index < -0.39 is 0 Å².